The van der Waals surface area contributed by atoms with E-state index in [0.717, 1.165) is 11.1 Å². The van der Waals surface area contributed by atoms with Crippen LogP contribution < -0.4 is 0 Å². The Hall–Kier alpha value is -2.62. The number of cyclic esters (lactones) is 1. The summed E-state index contributed by atoms with van der Waals surface area (Å²) in [5.74, 6) is 0.0360. The van der Waals surface area contributed by atoms with Crippen LogP contribution in [0.4, 0.5) is 4.79 Å². The summed E-state index contributed by atoms with van der Waals surface area (Å²) >= 11 is 0. The highest BCUT2D eigenvalue weighted by Crippen LogP contribution is 2.22. The van der Waals surface area contributed by atoms with Gasteiger partial charge in [0.2, 0.25) is 5.91 Å². The quantitative estimate of drug-likeness (QED) is 0.818. The van der Waals surface area contributed by atoms with Crippen molar-refractivity contribution in [1.29, 1.82) is 0 Å². The van der Waals surface area contributed by atoms with Crippen LogP contribution in [0.15, 0.2) is 54.6 Å². The molecule has 1 saturated heterocycles. The summed E-state index contributed by atoms with van der Waals surface area (Å²) in [6.45, 7) is 4.29. The SMILES string of the molecule is CC(C)[C@H]1COC(=O)N1C(=O)CCc1ccc(-c2ccccc2)cc1. The number of amides is 2. The van der Waals surface area contributed by atoms with Crippen LogP contribution in [0.5, 0.6) is 0 Å². The minimum Gasteiger partial charge on any atom is -0.447 e. The number of imide groups is 1. The molecule has 1 aliphatic rings. The summed E-state index contributed by atoms with van der Waals surface area (Å²) in [5.41, 5.74) is 3.41. The van der Waals surface area contributed by atoms with Crippen molar-refractivity contribution in [2.24, 2.45) is 5.92 Å². The Morgan fingerprint density at radius 2 is 1.72 bits per heavy atom. The summed E-state index contributed by atoms with van der Waals surface area (Å²) < 4.78 is 5.04. The molecule has 1 fully saturated rings. The number of rotatable bonds is 5. The van der Waals surface area contributed by atoms with E-state index in [0.29, 0.717) is 19.4 Å². The highest BCUT2D eigenvalue weighted by Gasteiger charge is 2.38. The lowest BCUT2D eigenvalue weighted by atomic mass is 10.0. The van der Waals surface area contributed by atoms with E-state index < -0.39 is 6.09 Å². The van der Waals surface area contributed by atoms with E-state index in [4.69, 9.17) is 4.74 Å². The zero-order valence-electron chi connectivity index (χ0n) is 14.6. The van der Waals surface area contributed by atoms with Gasteiger partial charge in [0.05, 0.1) is 6.04 Å². The molecule has 0 spiro atoms. The average molecular weight is 337 g/mol. The number of hydrogen-bond donors (Lipinski definition) is 0. The summed E-state index contributed by atoms with van der Waals surface area (Å²) in [7, 11) is 0. The zero-order chi connectivity index (χ0) is 17.8. The van der Waals surface area contributed by atoms with Crippen LogP contribution in [-0.4, -0.2) is 29.5 Å². The number of hydrogen-bond acceptors (Lipinski definition) is 3. The van der Waals surface area contributed by atoms with Gasteiger partial charge >= 0.3 is 6.09 Å². The second-order valence-electron chi connectivity index (χ2n) is 6.71. The van der Waals surface area contributed by atoms with Crippen LogP contribution in [0.2, 0.25) is 0 Å². The van der Waals surface area contributed by atoms with Crippen LogP contribution in [0.25, 0.3) is 11.1 Å². The Kier molecular flexibility index (Phi) is 5.17. The Bertz CT molecular complexity index is 737. The first-order valence-corrected chi connectivity index (χ1v) is 8.69. The van der Waals surface area contributed by atoms with Gasteiger partial charge in [-0.3, -0.25) is 4.79 Å². The van der Waals surface area contributed by atoms with Crippen molar-refractivity contribution >= 4 is 12.0 Å². The van der Waals surface area contributed by atoms with Crippen molar-refractivity contribution in [1.82, 2.24) is 4.90 Å². The van der Waals surface area contributed by atoms with E-state index in [9.17, 15) is 9.59 Å². The topological polar surface area (TPSA) is 46.6 Å². The third kappa shape index (κ3) is 3.90. The molecule has 2 amide bonds. The lowest BCUT2D eigenvalue weighted by Crippen LogP contribution is -2.41. The van der Waals surface area contributed by atoms with E-state index in [2.05, 4.69) is 24.3 Å². The predicted molar refractivity (Wildman–Crippen MR) is 97.0 cm³/mol. The van der Waals surface area contributed by atoms with Gasteiger partial charge in [0, 0.05) is 6.42 Å². The molecule has 3 rings (SSSR count). The molecule has 2 aromatic rings. The predicted octanol–water partition coefficient (Wildman–Crippen LogP) is 4.29. The number of nitrogens with zero attached hydrogens (tertiary/aromatic N) is 1. The second-order valence-corrected chi connectivity index (χ2v) is 6.71. The standard InChI is InChI=1S/C21H23NO3/c1-15(2)19-14-25-21(24)22(19)20(23)13-10-16-8-11-18(12-9-16)17-6-4-3-5-7-17/h3-9,11-12,15,19H,10,13-14H2,1-2H3/t19-/m1/s1. The van der Waals surface area contributed by atoms with E-state index in [1.54, 1.807) is 0 Å². The normalized spacial score (nSPS) is 17.0. The maximum absolute atomic E-state index is 12.5. The van der Waals surface area contributed by atoms with Gasteiger partial charge in [-0.15, -0.1) is 0 Å². The fourth-order valence-corrected chi connectivity index (χ4v) is 3.08. The molecule has 0 aromatic heterocycles. The van der Waals surface area contributed by atoms with Gasteiger partial charge in [0.25, 0.3) is 0 Å². The molecule has 25 heavy (non-hydrogen) atoms. The first-order chi connectivity index (χ1) is 12.1. The van der Waals surface area contributed by atoms with Gasteiger partial charge in [-0.1, -0.05) is 68.4 Å². The van der Waals surface area contributed by atoms with Crippen molar-refractivity contribution in [2.75, 3.05) is 6.61 Å². The molecule has 0 N–H and O–H groups in total. The van der Waals surface area contributed by atoms with Gasteiger partial charge in [-0.25, -0.2) is 9.69 Å². The number of aryl methyl sites for hydroxylation is 1. The van der Waals surface area contributed by atoms with Crippen LogP contribution in [0.3, 0.4) is 0 Å². The lowest BCUT2D eigenvalue weighted by molar-refractivity contribution is -0.129. The van der Waals surface area contributed by atoms with Gasteiger partial charge in [-0.05, 0) is 29.0 Å². The van der Waals surface area contributed by atoms with Crippen molar-refractivity contribution in [3.63, 3.8) is 0 Å². The van der Waals surface area contributed by atoms with Gasteiger partial charge in [0.1, 0.15) is 6.61 Å². The highest BCUT2D eigenvalue weighted by molar-refractivity contribution is 5.93. The van der Waals surface area contributed by atoms with E-state index in [1.165, 1.54) is 10.5 Å². The van der Waals surface area contributed by atoms with Crippen LogP contribution >= 0.6 is 0 Å². The average Bonchev–Trinajstić information content (AvgIpc) is 3.03. The lowest BCUT2D eigenvalue weighted by Gasteiger charge is -2.22. The van der Waals surface area contributed by atoms with Crippen LogP contribution in [-0.2, 0) is 16.0 Å². The molecule has 1 heterocycles. The molecule has 4 nitrogen and oxygen atoms in total. The minimum absolute atomic E-state index is 0.152. The number of carbonyl (C=O) groups is 2. The molecular formula is C21H23NO3. The smallest absolute Gasteiger partial charge is 0.416 e. The van der Waals surface area contributed by atoms with E-state index >= 15 is 0 Å². The van der Waals surface area contributed by atoms with Crippen molar-refractivity contribution in [3.8, 4) is 11.1 Å². The Morgan fingerprint density at radius 3 is 2.36 bits per heavy atom. The van der Waals surface area contributed by atoms with E-state index in [-0.39, 0.29) is 17.9 Å². The molecule has 0 bridgehead atoms. The number of ether oxygens (including phenoxy) is 1. The minimum atomic E-state index is -0.511. The third-order valence-corrected chi connectivity index (χ3v) is 4.63. The summed E-state index contributed by atoms with van der Waals surface area (Å²) in [5, 5.41) is 0. The zero-order valence-corrected chi connectivity index (χ0v) is 14.6. The van der Waals surface area contributed by atoms with Crippen LogP contribution in [0.1, 0.15) is 25.8 Å². The summed E-state index contributed by atoms with van der Waals surface area (Å²) in [4.78, 5) is 25.6. The Morgan fingerprint density at radius 1 is 1.08 bits per heavy atom. The molecule has 1 atom stereocenters. The number of carbonyl (C=O) groups excluding carboxylic acids is 2. The summed E-state index contributed by atoms with van der Waals surface area (Å²) in [6.07, 6.45) is 0.411. The largest absolute Gasteiger partial charge is 0.447 e. The fourth-order valence-electron chi connectivity index (χ4n) is 3.08. The fraction of sp³-hybridized carbons (Fsp3) is 0.333. The summed E-state index contributed by atoms with van der Waals surface area (Å²) in [6, 6.07) is 18.2. The maximum Gasteiger partial charge on any atom is 0.416 e. The molecule has 0 saturated carbocycles. The third-order valence-electron chi connectivity index (χ3n) is 4.63. The van der Waals surface area contributed by atoms with Gasteiger partial charge < -0.3 is 4.74 Å². The molecular weight excluding hydrogens is 314 g/mol. The van der Waals surface area contributed by atoms with Crippen LogP contribution in [0, 0.1) is 5.92 Å². The van der Waals surface area contributed by atoms with Crippen molar-refractivity contribution in [3.05, 3.63) is 60.2 Å². The molecule has 1 aliphatic heterocycles. The maximum atomic E-state index is 12.5. The molecule has 0 unspecified atom stereocenters. The monoisotopic (exact) mass is 337 g/mol. The van der Waals surface area contributed by atoms with E-state index in [1.807, 2.05) is 44.2 Å². The molecule has 4 heteroatoms. The van der Waals surface area contributed by atoms with Gasteiger partial charge in [-0.2, -0.15) is 0 Å². The Balaban J connectivity index is 1.61. The van der Waals surface area contributed by atoms with Crippen molar-refractivity contribution in [2.45, 2.75) is 32.7 Å². The molecule has 0 aliphatic carbocycles. The molecule has 0 radical (unpaired) electrons. The molecule has 2 aromatic carbocycles. The Labute approximate surface area is 148 Å². The number of benzene rings is 2. The first-order valence-electron chi connectivity index (χ1n) is 8.69. The highest BCUT2D eigenvalue weighted by atomic mass is 16.6. The van der Waals surface area contributed by atoms with Crippen molar-refractivity contribution < 1.29 is 14.3 Å². The second kappa shape index (κ2) is 7.51. The molecule has 130 valence electrons. The first kappa shape index (κ1) is 17.2. The van der Waals surface area contributed by atoms with Gasteiger partial charge in [0.15, 0.2) is 0 Å².